The fourth-order valence-electron chi connectivity index (χ4n) is 4.11. The molecule has 36 heavy (non-hydrogen) atoms. The van der Waals surface area contributed by atoms with Crippen LogP contribution in [0, 0.1) is 0 Å². The molecule has 1 amide bonds. The van der Waals surface area contributed by atoms with Gasteiger partial charge >= 0.3 is 4.87 Å². The molecular weight excluding hydrogens is 502 g/mol. The van der Waals surface area contributed by atoms with Gasteiger partial charge in [-0.05, 0) is 61.5 Å². The van der Waals surface area contributed by atoms with Crippen molar-refractivity contribution in [2.75, 3.05) is 23.3 Å². The second-order valence-electron chi connectivity index (χ2n) is 8.07. The average Bonchev–Trinajstić information content (AvgIpc) is 3.21. The minimum Gasteiger partial charge on any atom is -0.497 e. The topological polar surface area (TPSA) is 107 Å². The second-order valence-corrected chi connectivity index (χ2v) is 10.9. The molecule has 5 rings (SSSR count). The number of anilines is 2. The summed E-state index contributed by atoms with van der Waals surface area (Å²) in [5.74, 6) is 0.320. The van der Waals surface area contributed by atoms with Crippen LogP contribution in [0.2, 0.25) is 0 Å². The first kappa shape index (κ1) is 23.9. The van der Waals surface area contributed by atoms with Crippen LogP contribution in [0.3, 0.4) is 0 Å². The van der Waals surface area contributed by atoms with Crippen LogP contribution >= 0.6 is 11.3 Å². The van der Waals surface area contributed by atoms with Crippen molar-refractivity contribution in [1.82, 2.24) is 4.57 Å². The summed E-state index contributed by atoms with van der Waals surface area (Å²) in [4.78, 5) is 25.4. The number of benzene rings is 3. The number of nitrogens with zero attached hydrogens (tertiary/aromatic N) is 2. The van der Waals surface area contributed by atoms with Crippen LogP contribution in [0.5, 0.6) is 11.5 Å². The molecule has 0 spiro atoms. The van der Waals surface area contributed by atoms with Crippen molar-refractivity contribution in [3.8, 4) is 11.5 Å². The zero-order valence-corrected chi connectivity index (χ0v) is 21.1. The monoisotopic (exact) mass is 525 g/mol. The first-order valence-electron chi connectivity index (χ1n) is 11.2. The molecule has 0 aliphatic carbocycles. The number of para-hydroxylation sites is 2. The molecule has 3 aromatic carbocycles. The van der Waals surface area contributed by atoms with Crippen molar-refractivity contribution >= 4 is 48.9 Å². The highest BCUT2D eigenvalue weighted by Gasteiger charge is 2.37. The number of thiazole rings is 1. The number of ether oxygens (including phenoxy) is 2. The van der Waals surface area contributed by atoms with E-state index in [1.807, 2.05) is 6.92 Å². The maximum atomic E-state index is 13.6. The number of carbonyl (C=O) groups is 1. The number of nitrogens with one attached hydrogen (secondary N) is 1. The van der Waals surface area contributed by atoms with Crippen LogP contribution in [0.25, 0.3) is 10.2 Å². The Morgan fingerprint density at radius 1 is 1.14 bits per heavy atom. The minimum absolute atomic E-state index is 0.0671. The van der Waals surface area contributed by atoms with Crippen molar-refractivity contribution in [1.29, 1.82) is 0 Å². The molecule has 0 bridgehead atoms. The molecule has 1 aliphatic rings. The average molecular weight is 526 g/mol. The number of carbonyl (C=O) groups excluding carboxylic acids is 1. The lowest BCUT2D eigenvalue weighted by molar-refractivity contribution is -0.122. The number of aromatic nitrogens is 1. The Morgan fingerprint density at radius 2 is 1.89 bits per heavy atom. The molecule has 9 nitrogen and oxygen atoms in total. The molecule has 1 aliphatic heterocycles. The molecule has 4 aromatic rings. The normalized spacial score (nSPS) is 15.3. The van der Waals surface area contributed by atoms with E-state index in [9.17, 15) is 18.0 Å². The molecule has 1 N–H and O–H groups in total. The quantitative estimate of drug-likeness (QED) is 0.412. The van der Waals surface area contributed by atoms with E-state index >= 15 is 0 Å². The Labute approximate surface area is 211 Å². The van der Waals surface area contributed by atoms with Crippen molar-refractivity contribution in [3.63, 3.8) is 0 Å². The van der Waals surface area contributed by atoms with Gasteiger partial charge in [-0.15, -0.1) is 0 Å². The van der Waals surface area contributed by atoms with Gasteiger partial charge in [-0.3, -0.25) is 18.5 Å². The second kappa shape index (κ2) is 9.32. The van der Waals surface area contributed by atoms with Gasteiger partial charge in [-0.25, -0.2) is 8.42 Å². The standard InChI is InChI=1S/C25H23N3O6S2/c1-3-27-20-13-8-16(14-23(20)35-25(27)30)26-24(29)22-15-28(19-6-4-5-7-21(19)34-22)36(31,32)18-11-9-17(33-2)10-12-18/h4-14,22H,3,15H2,1-2H3,(H,26,29). The van der Waals surface area contributed by atoms with E-state index in [0.29, 0.717) is 23.7 Å². The predicted octanol–water partition coefficient (Wildman–Crippen LogP) is 3.69. The van der Waals surface area contributed by atoms with Crippen LogP contribution in [-0.4, -0.2) is 38.7 Å². The lowest BCUT2D eigenvalue weighted by Gasteiger charge is -2.34. The SMILES string of the molecule is CCn1c(=O)sc2cc(NC(=O)C3CN(S(=O)(=O)c4ccc(OC)cc4)c4ccccc4O3)ccc21. The van der Waals surface area contributed by atoms with Crippen LogP contribution in [0.4, 0.5) is 11.4 Å². The van der Waals surface area contributed by atoms with Gasteiger partial charge in [0.2, 0.25) is 0 Å². The third-order valence-corrected chi connectivity index (χ3v) is 8.66. The first-order valence-corrected chi connectivity index (χ1v) is 13.4. The van der Waals surface area contributed by atoms with Crippen LogP contribution in [0.15, 0.2) is 76.4 Å². The molecule has 1 atom stereocenters. The van der Waals surface area contributed by atoms with E-state index < -0.39 is 22.0 Å². The number of hydrogen-bond donors (Lipinski definition) is 1. The lowest BCUT2D eigenvalue weighted by Crippen LogP contribution is -2.48. The summed E-state index contributed by atoms with van der Waals surface area (Å²) in [6.07, 6.45) is -1.09. The summed E-state index contributed by atoms with van der Waals surface area (Å²) < 4.78 is 41.7. The van der Waals surface area contributed by atoms with Crippen molar-refractivity contribution in [2.45, 2.75) is 24.5 Å². The van der Waals surface area contributed by atoms with Crippen molar-refractivity contribution < 1.29 is 22.7 Å². The Kier molecular flexibility index (Phi) is 6.19. The third kappa shape index (κ3) is 4.20. The maximum Gasteiger partial charge on any atom is 0.308 e. The highest BCUT2D eigenvalue weighted by molar-refractivity contribution is 7.92. The zero-order chi connectivity index (χ0) is 25.4. The molecule has 0 fully saturated rings. The minimum atomic E-state index is -3.99. The van der Waals surface area contributed by atoms with Gasteiger partial charge < -0.3 is 14.8 Å². The van der Waals surface area contributed by atoms with Gasteiger partial charge in [0.1, 0.15) is 11.5 Å². The van der Waals surface area contributed by atoms with Gasteiger partial charge in [-0.2, -0.15) is 0 Å². The molecule has 186 valence electrons. The lowest BCUT2D eigenvalue weighted by atomic mass is 10.2. The summed E-state index contributed by atoms with van der Waals surface area (Å²) in [6, 6.07) is 18.0. The van der Waals surface area contributed by atoms with E-state index in [1.54, 1.807) is 59.2 Å². The number of methoxy groups -OCH3 is 1. The van der Waals surface area contributed by atoms with Crippen molar-refractivity contribution in [2.24, 2.45) is 0 Å². The number of aryl methyl sites for hydroxylation is 1. The van der Waals surface area contributed by atoms with Gasteiger partial charge in [0.15, 0.2) is 6.10 Å². The Hall–Kier alpha value is -3.83. The molecular formula is C25H23N3O6S2. The molecule has 0 saturated heterocycles. The summed E-state index contributed by atoms with van der Waals surface area (Å²) in [6.45, 7) is 2.24. The smallest absolute Gasteiger partial charge is 0.308 e. The number of sulfonamides is 1. The zero-order valence-electron chi connectivity index (χ0n) is 19.5. The number of amides is 1. The molecule has 1 unspecified atom stereocenters. The van der Waals surface area contributed by atoms with Gasteiger partial charge in [0.25, 0.3) is 15.9 Å². The Balaban J connectivity index is 1.44. The summed E-state index contributed by atoms with van der Waals surface area (Å²) >= 11 is 1.10. The third-order valence-electron chi connectivity index (χ3n) is 5.93. The molecule has 2 heterocycles. The van der Waals surface area contributed by atoms with Gasteiger partial charge in [0, 0.05) is 12.2 Å². The van der Waals surface area contributed by atoms with Crippen LogP contribution < -0.4 is 24.0 Å². The van der Waals surface area contributed by atoms with Gasteiger partial charge in [0.05, 0.1) is 34.5 Å². The molecule has 11 heteroatoms. The maximum absolute atomic E-state index is 13.6. The largest absolute Gasteiger partial charge is 0.497 e. The highest BCUT2D eigenvalue weighted by Crippen LogP contribution is 2.37. The Bertz CT molecular complexity index is 1610. The summed E-state index contributed by atoms with van der Waals surface area (Å²) in [5.41, 5.74) is 1.64. The van der Waals surface area contributed by atoms with Crippen LogP contribution in [0.1, 0.15) is 6.92 Å². The van der Waals surface area contributed by atoms with Gasteiger partial charge in [-0.1, -0.05) is 23.5 Å². The fourth-order valence-corrected chi connectivity index (χ4v) is 6.58. The highest BCUT2D eigenvalue weighted by atomic mass is 32.2. The van der Waals surface area contributed by atoms with E-state index in [2.05, 4.69) is 5.32 Å². The Morgan fingerprint density at radius 3 is 2.61 bits per heavy atom. The summed E-state index contributed by atoms with van der Waals surface area (Å²) in [7, 11) is -2.49. The van der Waals surface area contributed by atoms with E-state index in [1.165, 1.54) is 23.5 Å². The molecule has 0 saturated carbocycles. The van der Waals surface area contributed by atoms with E-state index in [4.69, 9.17) is 9.47 Å². The van der Waals surface area contributed by atoms with Crippen molar-refractivity contribution in [3.05, 3.63) is 76.4 Å². The first-order chi connectivity index (χ1) is 17.3. The number of rotatable bonds is 6. The predicted molar refractivity (Wildman–Crippen MR) is 139 cm³/mol. The summed E-state index contributed by atoms with van der Waals surface area (Å²) in [5, 5.41) is 2.80. The van der Waals surface area contributed by atoms with E-state index in [-0.39, 0.29) is 22.1 Å². The molecule has 1 aromatic heterocycles. The van der Waals surface area contributed by atoms with Crippen LogP contribution in [-0.2, 0) is 21.4 Å². The number of hydrogen-bond acceptors (Lipinski definition) is 7. The van der Waals surface area contributed by atoms with E-state index in [0.717, 1.165) is 21.6 Å². The fraction of sp³-hybridized carbons (Fsp3) is 0.200. The number of fused-ring (bicyclic) bond motifs is 2. The molecule has 0 radical (unpaired) electrons.